The molecule has 0 fully saturated rings. The van der Waals surface area contributed by atoms with Crippen molar-refractivity contribution in [2.24, 2.45) is 9.98 Å². The van der Waals surface area contributed by atoms with E-state index < -0.39 is 0 Å². The van der Waals surface area contributed by atoms with Crippen molar-refractivity contribution < 1.29 is 4.74 Å². The van der Waals surface area contributed by atoms with Crippen molar-refractivity contribution in [1.29, 1.82) is 0 Å². The van der Waals surface area contributed by atoms with Crippen molar-refractivity contribution in [3.8, 4) is 0 Å². The Labute approximate surface area is 111 Å². The number of rotatable bonds is 4. The lowest BCUT2D eigenvalue weighted by Crippen LogP contribution is -2.28. The van der Waals surface area contributed by atoms with Crippen LogP contribution < -0.4 is 5.73 Å². The molecule has 1 rings (SSSR count). The summed E-state index contributed by atoms with van der Waals surface area (Å²) < 4.78 is 5.03. The molecule has 7 heteroatoms. The van der Waals surface area contributed by atoms with Crippen molar-refractivity contribution in [2.45, 2.75) is 6.92 Å². The average molecular weight is 269 g/mol. The fraction of sp³-hybridized carbons (Fsp3) is 0.545. The van der Waals surface area contributed by atoms with Crippen LogP contribution in [0.15, 0.2) is 16.2 Å². The first-order valence-corrected chi connectivity index (χ1v) is 6.34. The molecule has 0 aromatic carbocycles. The van der Waals surface area contributed by atoms with Crippen LogP contribution in [-0.2, 0) is 4.74 Å². The number of aliphatic imine (C=N–C) groups is 2. The number of aromatic nitrogens is 1. The zero-order chi connectivity index (χ0) is 13.5. The normalized spacial score (nSPS) is 12.9. The molecule has 0 saturated carbocycles. The Morgan fingerprint density at radius 1 is 1.61 bits per heavy atom. The van der Waals surface area contributed by atoms with Crippen LogP contribution in [0.1, 0.15) is 11.8 Å². The molecule has 0 unspecified atom stereocenters. The lowest BCUT2D eigenvalue weighted by molar-refractivity contribution is 0.182. The average Bonchev–Trinajstić information content (AvgIpc) is 2.79. The van der Waals surface area contributed by atoms with Gasteiger partial charge in [0.1, 0.15) is 5.84 Å². The predicted molar refractivity (Wildman–Crippen MR) is 76.6 cm³/mol. The van der Waals surface area contributed by atoms with Crippen LogP contribution in [0.4, 0.5) is 5.13 Å². The van der Waals surface area contributed by atoms with Crippen molar-refractivity contribution in [1.82, 2.24) is 9.88 Å². The molecule has 1 heterocycles. The molecule has 0 spiro atoms. The fourth-order valence-electron chi connectivity index (χ4n) is 1.23. The summed E-state index contributed by atoms with van der Waals surface area (Å²) in [5, 5.41) is 0.520. The number of thiazole rings is 1. The van der Waals surface area contributed by atoms with Crippen LogP contribution >= 0.6 is 11.3 Å². The Hall–Kier alpha value is -1.47. The number of hydrogen-bond donors (Lipinski definition) is 1. The van der Waals surface area contributed by atoms with Gasteiger partial charge >= 0.3 is 0 Å². The highest BCUT2D eigenvalue weighted by atomic mass is 32.1. The predicted octanol–water partition coefficient (Wildman–Crippen LogP) is 1.10. The summed E-state index contributed by atoms with van der Waals surface area (Å²) in [5.74, 6) is 1.52. The van der Waals surface area contributed by atoms with Crippen LogP contribution in [0.2, 0.25) is 0 Å². The summed E-state index contributed by atoms with van der Waals surface area (Å²) in [6.07, 6.45) is 1.69. The number of methoxy groups -OCH3 is 1. The zero-order valence-electron chi connectivity index (χ0n) is 11.2. The van der Waals surface area contributed by atoms with Gasteiger partial charge in [-0.25, -0.2) is 9.98 Å². The summed E-state index contributed by atoms with van der Waals surface area (Å²) in [6.45, 7) is 3.38. The van der Waals surface area contributed by atoms with Gasteiger partial charge in [-0.1, -0.05) is 11.3 Å². The van der Waals surface area contributed by atoms with Gasteiger partial charge in [-0.3, -0.25) is 4.99 Å². The zero-order valence-corrected chi connectivity index (χ0v) is 12.0. The Morgan fingerprint density at radius 3 is 2.83 bits per heavy atom. The van der Waals surface area contributed by atoms with Crippen molar-refractivity contribution in [3.05, 3.63) is 11.1 Å². The molecule has 0 aliphatic heterocycles. The lowest BCUT2D eigenvalue weighted by atomic mass is 10.4. The van der Waals surface area contributed by atoms with Gasteiger partial charge in [-0.05, 0) is 6.92 Å². The quantitative estimate of drug-likeness (QED) is 0.656. The maximum Gasteiger partial charge on any atom is 0.180 e. The number of nitrogens with zero attached hydrogens (tertiary/aromatic N) is 4. The molecule has 18 heavy (non-hydrogen) atoms. The SMILES string of the molecule is CN=C(N=C(C)N(C)CCOC)c1cnc(N)s1. The molecule has 2 N–H and O–H groups in total. The third-order valence-electron chi connectivity index (χ3n) is 2.41. The number of nitrogens with two attached hydrogens (primary N) is 1. The molecule has 1 aromatic rings. The van der Waals surface area contributed by atoms with Gasteiger partial charge < -0.3 is 15.4 Å². The molecule has 0 aliphatic carbocycles. The number of amidine groups is 2. The monoisotopic (exact) mass is 269 g/mol. The van der Waals surface area contributed by atoms with Crippen LogP contribution in [-0.4, -0.2) is 55.9 Å². The van der Waals surface area contributed by atoms with Gasteiger partial charge in [0.2, 0.25) is 0 Å². The summed E-state index contributed by atoms with van der Waals surface area (Å²) in [6, 6.07) is 0. The van der Waals surface area contributed by atoms with E-state index in [0.717, 1.165) is 17.3 Å². The minimum atomic E-state index is 0.520. The van der Waals surface area contributed by atoms with E-state index in [4.69, 9.17) is 10.5 Å². The van der Waals surface area contributed by atoms with E-state index in [0.29, 0.717) is 17.6 Å². The summed E-state index contributed by atoms with van der Waals surface area (Å²) in [7, 11) is 5.35. The van der Waals surface area contributed by atoms with Crippen LogP contribution in [0.5, 0.6) is 0 Å². The highest BCUT2D eigenvalue weighted by Crippen LogP contribution is 2.16. The summed E-state index contributed by atoms with van der Waals surface area (Å²) in [4.78, 5) is 15.5. The topological polar surface area (TPSA) is 76.1 Å². The number of likely N-dealkylation sites (N-methyl/N-ethyl adjacent to an activating group) is 1. The van der Waals surface area contributed by atoms with Crippen molar-refractivity contribution >= 4 is 28.1 Å². The maximum atomic E-state index is 5.60. The highest BCUT2D eigenvalue weighted by molar-refractivity contribution is 7.17. The van der Waals surface area contributed by atoms with Gasteiger partial charge in [0.25, 0.3) is 0 Å². The Morgan fingerprint density at radius 2 is 2.33 bits per heavy atom. The fourth-order valence-corrected chi connectivity index (χ4v) is 1.90. The van der Waals surface area contributed by atoms with E-state index in [9.17, 15) is 0 Å². The first kappa shape index (κ1) is 14.6. The summed E-state index contributed by atoms with van der Waals surface area (Å²) >= 11 is 1.38. The molecule has 100 valence electrons. The van der Waals surface area contributed by atoms with E-state index in [1.54, 1.807) is 20.4 Å². The first-order valence-electron chi connectivity index (χ1n) is 5.52. The molecule has 0 atom stereocenters. The molecule has 0 bridgehead atoms. The maximum absolute atomic E-state index is 5.60. The minimum absolute atomic E-state index is 0.520. The number of nitrogen functional groups attached to an aromatic ring is 1. The van der Waals surface area contributed by atoms with Crippen molar-refractivity contribution in [3.63, 3.8) is 0 Å². The third kappa shape index (κ3) is 4.08. The van der Waals surface area contributed by atoms with E-state index >= 15 is 0 Å². The van der Waals surface area contributed by atoms with Crippen LogP contribution in [0, 0.1) is 0 Å². The van der Waals surface area contributed by atoms with E-state index in [1.165, 1.54) is 11.3 Å². The van der Waals surface area contributed by atoms with E-state index in [1.807, 2.05) is 18.9 Å². The molecular weight excluding hydrogens is 250 g/mol. The Bertz CT molecular complexity index is 440. The van der Waals surface area contributed by atoms with Gasteiger partial charge in [0, 0.05) is 27.7 Å². The van der Waals surface area contributed by atoms with E-state index in [-0.39, 0.29) is 0 Å². The van der Waals surface area contributed by atoms with E-state index in [2.05, 4.69) is 15.0 Å². The second kappa shape index (κ2) is 7.07. The van der Waals surface area contributed by atoms with Gasteiger partial charge in [0.15, 0.2) is 11.0 Å². The van der Waals surface area contributed by atoms with Gasteiger partial charge in [0.05, 0.1) is 17.7 Å². The molecule has 0 radical (unpaired) electrons. The molecular formula is C11H19N5OS. The third-order valence-corrected chi connectivity index (χ3v) is 3.23. The molecule has 0 amide bonds. The molecule has 6 nitrogen and oxygen atoms in total. The number of ether oxygens (including phenoxy) is 1. The van der Waals surface area contributed by atoms with Gasteiger partial charge in [-0.15, -0.1) is 0 Å². The van der Waals surface area contributed by atoms with Gasteiger partial charge in [-0.2, -0.15) is 0 Å². The molecule has 0 saturated heterocycles. The lowest BCUT2D eigenvalue weighted by Gasteiger charge is -2.17. The van der Waals surface area contributed by atoms with Crippen LogP contribution in [0.25, 0.3) is 0 Å². The van der Waals surface area contributed by atoms with Crippen LogP contribution in [0.3, 0.4) is 0 Å². The molecule has 0 aliphatic rings. The van der Waals surface area contributed by atoms with Crippen molar-refractivity contribution in [2.75, 3.05) is 40.1 Å². The number of hydrogen-bond acceptors (Lipinski definition) is 5. The Balaban J connectivity index is 2.78. The second-order valence-corrected chi connectivity index (χ2v) is 4.75. The highest BCUT2D eigenvalue weighted by Gasteiger charge is 2.08. The largest absolute Gasteiger partial charge is 0.383 e. The standard InChI is InChI=1S/C11H19N5OS/c1-8(16(3)5-6-17-4)15-10(13-2)9-7-14-11(12)18-9/h7H,5-6H2,1-4H3,(H2,12,14). The Kier molecular flexibility index (Phi) is 5.73. The summed E-state index contributed by atoms with van der Waals surface area (Å²) in [5.41, 5.74) is 5.60. The smallest absolute Gasteiger partial charge is 0.180 e. The molecule has 1 aromatic heterocycles. The minimum Gasteiger partial charge on any atom is -0.383 e. The number of anilines is 1. The second-order valence-electron chi connectivity index (χ2n) is 3.68. The first-order chi connectivity index (χ1) is 8.58.